The molecule has 0 radical (unpaired) electrons. The third kappa shape index (κ3) is 1.10. The highest BCUT2D eigenvalue weighted by atomic mass is 15.1. The average Bonchev–Trinajstić information content (AvgIpc) is 2.54. The zero-order valence-electron chi connectivity index (χ0n) is 8.49. The molecule has 13 heavy (non-hydrogen) atoms. The summed E-state index contributed by atoms with van der Waals surface area (Å²) < 4.78 is 2.18. The zero-order chi connectivity index (χ0) is 9.64. The number of imidazole rings is 1. The van der Waals surface area contributed by atoms with Crippen molar-refractivity contribution in [3.05, 3.63) is 18.2 Å². The quantitative estimate of drug-likeness (QED) is 0.744. The van der Waals surface area contributed by atoms with Gasteiger partial charge in [-0.3, -0.25) is 0 Å². The summed E-state index contributed by atoms with van der Waals surface area (Å²) in [7, 11) is 0. The Kier molecular flexibility index (Phi) is 1.74. The molecule has 72 valence electrons. The molecule has 1 aliphatic carbocycles. The number of hydrogen-bond acceptors (Lipinski definition) is 2. The maximum Gasteiger partial charge on any atom is 0.113 e. The van der Waals surface area contributed by atoms with Crippen molar-refractivity contribution < 1.29 is 0 Å². The van der Waals surface area contributed by atoms with Gasteiger partial charge < -0.3 is 10.3 Å². The smallest absolute Gasteiger partial charge is 0.113 e. The average molecular weight is 179 g/mol. The first-order valence-electron chi connectivity index (χ1n) is 4.85. The largest absolute Gasteiger partial charge is 0.335 e. The van der Waals surface area contributed by atoms with E-state index in [0.717, 1.165) is 12.4 Å². The highest BCUT2D eigenvalue weighted by Crippen LogP contribution is 2.56. The minimum atomic E-state index is 0.234. The molecule has 0 spiro atoms. The van der Waals surface area contributed by atoms with Crippen molar-refractivity contribution in [2.75, 3.05) is 0 Å². The van der Waals surface area contributed by atoms with Crippen molar-refractivity contribution in [2.45, 2.75) is 39.3 Å². The van der Waals surface area contributed by atoms with Crippen molar-refractivity contribution in [2.24, 2.45) is 11.1 Å². The summed E-state index contributed by atoms with van der Waals surface area (Å²) in [5, 5.41) is 0. The lowest BCUT2D eigenvalue weighted by Crippen LogP contribution is -2.07. The summed E-state index contributed by atoms with van der Waals surface area (Å²) in [6.07, 6.45) is 3.89. The Morgan fingerprint density at radius 1 is 1.62 bits per heavy atom. The lowest BCUT2D eigenvalue weighted by Gasteiger charge is -2.04. The summed E-state index contributed by atoms with van der Waals surface area (Å²) in [6.45, 7) is 7.52. The molecule has 0 aliphatic heterocycles. The van der Waals surface area contributed by atoms with Gasteiger partial charge in [-0.05, 0) is 12.3 Å². The van der Waals surface area contributed by atoms with Crippen LogP contribution in [0.15, 0.2) is 12.4 Å². The second kappa shape index (κ2) is 2.58. The first kappa shape index (κ1) is 8.75. The molecule has 3 heteroatoms. The molecule has 1 aromatic heterocycles. The van der Waals surface area contributed by atoms with Crippen LogP contribution in [0.1, 0.15) is 32.5 Å². The fourth-order valence-electron chi connectivity index (χ4n) is 2.04. The van der Waals surface area contributed by atoms with Gasteiger partial charge in [-0.25, -0.2) is 4.98 Å². The molecule has 0 unspecified atom stereocenters. The number of nitrogens with zero attached hydrogens (tertiary/aromatic N) is 2. The van der Waals surface area contributed by atoms with E-state index >= 15 is 0 Å². The van der Waals surface area contributed by atoms with Crippen LogP contribution in [0.3, 0.4) is 0 Å². The number of aromatic nitrogens is 2. The van der Waals surface area contributed by atoms with Gasteiger partial charge in [0.2, 0.25) is 0 Å². The summed E-state index contributed by atoms with van der Waals surface area (Å²) >= 11 is 0. The molecule has 0 amide bonds. The first-order chi connectivity index (χ1) is 6.09. The van der Waals surface area contributed by atoms with E-state index < -0.39 is 0 Å². The first-order valence-corrected chi connectivity index (χ1v) is 4.85. The second-order valence-electron chi connectivity index (χ2n) is 4.40. The molecule has 2 atom stereocenters. The molecular weight excluding hydrogens is 162 g/mol. The second-order valence-corrected chi connectivity index (χ2v) is 4.40. The molecule has 1 heterocycles. The van der Waals surface area contributed by atoms with Crippen LogP contribution in [-0.4, -0.2) is 15.6 Å². The van der Waals surface area contributed by atoms with Crippen LogP contribution in [0.25, 0.3) is 0 Å². The summed E-state index contributed by atoms with van der Waals surface area (Å²) in [6, 6.07) is 0.278. The molecule has 0 aromatic carbocycles. The third-order valence-corrected chi connectivity index (χ3v) is 3.28. The Hall–Kier alpha value is -0.830. The normalized spacial score (nSPS) is 30.5. The predicted octanol–water partition coefficient (Wildman–Crippen LogP) is 1.35. The van der Waals surface area contributed by atoms with Gasteiger partial charge in [0, 0.05) is 30.9 Å². The van der Waals surface area contributed by atoms with E-state index in [2.05, 4.69) is 30.3 Å². The monoisotopic (exact) mass is 179 g/mol. The van der Waals surface area contributed by atoms with Crippen molar-refractivity contribution in [1.29, 1.82) is 0 Å². The zero-order valence-corrected chi connectivity index (χ0v) is 8.49. The molecule has 0 bridgehead atoms. The Morgan fingerprint density at radius 3 is 2.69 bits per heavy atom. The van der Waals surface area contributed by atoms with Crippen LogP contribution >= 0.6 is 0 Å². The van der Waals surface area contributed by atoms with E-state index in [4.69, 9.17) is 5.73 Å². The van der Waals surface area contributed by atoms with Gasteiger partial charge in [-0.15, -0.1) is 0 Å². The standard InChI is InChI=1S/C10H17N3/c1-4-13-6-5-12-9(13)7-8(11)10(7,2)3/h5-8H,4,11H2,1-3H3/t7-,8+/m0/s1. The number of rotatable bonds is 2. The van der Waals surface area contributed by atoms with E-state index in [1.807, 2.05) is 12.4 Å². The van der Waals surface area contributed by atoms with E-state index in [9.17, 15) is 0 Å². The lowest BCUT2D eigenvalue weighted by molar-refractivity contribution is 0.575. The summed E-state index contributed by atoms with van der Waals surface area (Å²) in [5.41, 5.74) is 6.24. The lowest BCUT2D eigenvalue weighted by atomic mass is 10.1. The molecule has 3 nitrogen and oxygen atoms in total. The Morgan fingerprint density at radius 2 is 2.23 bits per heavy atom. The van der Waals surface area contributed by atoms with Crippen LogP contribution in [0.5, 0.6) is 0 Å². The van der Waals surface area contributed by atoms with Gasteiger partial charge in [-0.1, -0.05) is 13.8 Å². The van der Waals surface area contributed by atoms with Crippen molar-refractivity contribution in [3.63, 3.8) is 0 Å². The topological polar surface area (TPSA) is 43.8 Å². The molecule has 2 rings (SSSR count). The number of nitrogens with two attached hydrogens (primary N) is 1. The molecule has 1 aliphatic rings. The predicted molar refractivity (Wildman–Crippen MR) is 52.4 cm³/mol. The van der Waals surface area contributed by atoms with Gasteiger partial charge in [0.15, 0.2) is 0 Å². The maximum atomic E-state index is 6.01. The van der Waals surface area contributed by atoms with Crippen LogP contribution in [0.2, 0.25) is 0 Å². The van der Waals surface area contributed by atoms with Gasteiger partial charge in [0.1, 0.15) is 5.82 Å². The van der Waals surface area contributed by atoms with Crippen molar-refractivity contribution >= 4 is 0 Å². The Bertz CT molecular complexity index is 314. The van der Waals surface area contributed by atoms with Crippen molar-refractivity contribution in [3.8, 4) is 0 Å². The van der Waals surface area contributed by atoms with Crippen LogP contribution in [0, 0.1) is 5.41 Å². The fraction of sp³-hybridized carbons (Fsp3) is 0.700. The minimum absolute atomic E-state index is 0.234. The third-order valence-electron chi connectivity index (χ3n) is 3.28. The molecule has 1 fully saturated rings. The van der Waals surface area contributed by atoms with Gasteiger partial charge in [-0.2, -0.15) is 0 Å². The molecular formula is C10H17N3. The van der Waals surface area contributed by atoms with Gasteiger partial charge in [0.25, 0.3) is 0 Å². The summed E-state index contributed by atoms with van der Waals surface area (Å²) in [5.74, 6) is 1.60. The number of aryl methyl sites for hydroxylation is 1. The van der Waals surface area contributed by atoms with Crippen LogP contribution in [-0.2, 0) is 6.54 Å². The highest BCUT2D eigenvalue weighted by molar-refractivity contribution is 5.25. The van der Waals surface area contributed by atoms with E-state index in [-0.39, 0.29) is 11.5 Å². The van der Waals surface area contributed by atoms with E-state index in [1.54, 1.807) is 0 Å². The number of hydrogen-bond donors (Lipinski definition) is 1. The molecule has 0 saturated heterocycles. The Labute approximate surface area is 79.0 Å². The highest BCUT2D eigenvalue weighted by Gasteiger charge is 2.58. The van der Waals surface area contributed by atoms with Crippen LogP contribution < -0.4 is 5.73 Å². The van der Waals surface area contributed by atoms with Crippen LogP contribution in [0.4, 0.5) is 0 Å². The van der Waals surface area contributed by atoms with E-state index in [0.29, 0.717) is 5.92 Å². The summed E-state index contributed by atoms with van der Waals surface area (Å²) in [4.78, 5) is 4.38. The minimum Gasteiger partial charge on any atom is -0.335 e. The SMILES string of the molecule is CCn1ccnc1[C@@H]1[C@@H](N)C1(C)C. The molecule has 1 aromatic rings. The maximum absolute atomic E-state index is 6.01. The Balaban J connectivity index is 2.28. The van der Waals surface area contributed by atoms with E-state index in [1.165, 1.54) is 0 Å². The van der Waals surface area contributed by atoms with Gasteiger partial charge in [0.05, 0.1) is 0 Å². The fourth-order valence-corrected chi connectivity index (χ4v) is 2.04. The molecule has 1 saturated carbocycles. The van der Waals surface area contributed by atoms with Crippen molar-refractivity contribution in [1.82, 2.24) is 9.55 Å². The van der Waals surface area contributed by atoms with Gasteiger partial charge >= 0.3 is 0 Å². The molecule has 2 N–H and O–H groups in total.